The van der Waals surface area contributed by atoms with Gasteiger partial charge in [0.25, 0.3) is 0 Å². The van der Waals surface area contributed by atoms with Crippen molar-refractivity contribution in [3.63, 3.8) is 0 Å². The van der Waals surface area contributed by atoms with Gasteiger partial charge in [-0.05, 0) is 49.7 Å². The minimum absolute atomic E-state index is 0.0159. The molecule has 0 atom stereocenters. The zero-order valence-electron chi connectivity index (χ0n) is 17.1. The van der Waals surface area contributed by atoms with Crippen LogP contribution in [0.4, 0.5) is 11.4 Å². The summed E-state index contributed by atoms with van der Waals surface area (Å²) >= 11 is 3.11. The number of aromatic nitrogens is 3. The molecule has 0 saturated heterocycles. The second kappa shape index (κ2) is 8.24. The molecular formula is C24H20N4OS2. The van der Waals surface area contributed by atoms with Gasteiger partial charge in [0.15, 0.2) is 5.16 Å². The van der Waals surface area contributed by atoms with E-state index in [2.05, 4.69) is 35.3 Å². The van der Waals surface area contributed by atoms with Gasteiger partial charge in [-0.2, -0.15) is 0 Å². The molecule has 0 N–H and O–H groups in total. The van der Waals surface area contributed by atoms with E-state index in [1.807, 2.05) is 71.0 Å². The minimum atomic E-state index is 0.0159. The predicted octanol–water partition coefficient (Wildman–Crippen LogP) is 5.81. The number of thioether (sulfide) groups is 1. The van der Waals surface area contributed by atoms with Crippen molar-refractivity contribution in [1.82, 2.24) is 14.8 Å². The van der Waals surface area contributed by atoms with E-state index >= 15 is 0 Å². The van der Waals surface area contributed by atoms with Crippen molar-refractivity contribution in [2.24, 2.45) is 0 Å². The summed E-state index contributed by atoms with van der Waals surface area (Å²) in [5, 5.41) is 9.32. The number of aryl methyl sites for hydroxylation is 2. The Balaban J connectivity index is 1.45. The summed E-state index contributed by atoms with van der Waals surface area (Å²) in [7, 11) is 0. The van der Waals surface area contributed by atoms with Gasteiger partial charge in [-0.25, -0.2) is 0 Å². The number of anilines is 2. The van der Waals surface area contributed by atoms with Crippen molar-refractivity contribution < 1.29 is 4.79 Å². The molecule has 31 heavy (non-hydrogen) atoms. The topological polar surface area (TPSA) is 51.0 Å². The molecule has 1 aliphatic heterocycles. The Hall–Kier alpha value is -3.03. The third-order valence-corrected chi connectivity index (χ3v) is 7.20. The summed E-state index contributed by atoms with van der Waals surface area (Å²) in [4.78, 5) is 17.4. The van der Waals surface area contributed by atoms with Crippen LogP contribution in [0, 0.1) is 13.8 Å². The third-order valence-electron chi connectivity index (χ3n) is 5.16. The summed E-state index contributed by atoms with van der Waals surface area (Å²) in [6.45, 7) is 3.99. The van der Waals surface area contributed by atoms with Gasteiger partial charge in [-0.3, -0.25) is 14.3 Å². The molecule has 0 spiro atoms. The van der Waals surface area contributed by atoms with Crippen LogP contribution in [0.15, 0.2) is 87.7 Å². The number of carbonyl (C=O) groups excluding carboxylic acids is 1. The molecule has 1 aromatic heterocycles. The van der Waals surface area contributed by atoms with E-state index in [9.17, 15) is 4.79 Å². The Morgan fingerprint density at radius 3 is 2.06 bits per heavy atom. The number of hydrogen-bond acceptors (Lipinski definition) is 5. The monoisotopic (exact) mass is 444 g/mol. The fraction of sp³-hybridized carbons (Fsp3) is 0.125. The first-order valence-corrected chi connectivity index (χ1v) is 11.7. The van der Waals surface area contributed by atoms with Gasteiger partial charge in [-0.15, -0.1) is 10.2 Å². The first-order valence-electron chi connectivity index (χ1n) is 9.93. The molecule has 5 nitrogen and oxygen atoms in total. The summed E-state index contributed by atoms with van der Waals surface area (Å²) < 4.78 is 2.02. The summed E-state index contributed by atoms with van der Waals surface area (Å²) in [6, 6.07) is 24.2. The van der Waals surface area contributed by atoms with Crippen LogP contribution in [-0.2, 0) is 4.79 Å². The van der Waals surface area contributed by atoms with Gasteiger partial charge in [0.05, 0.1) is 22.8 Å². The predicted molar refractivity (Wildman–Crippen MR) is 126 cm³/mol. The number of fused-ring (bicyclic) bond motifs is 2. The lowest BCUT2D eigenvalue weighted by atomic mass is 10.2. The highest BCUT2D eigenvalue weighted by atomic mass is 32.2. The molecule has 1 amide bonds. The Labute approximate surface area is 189 Å². The molecule has 154 valence electrons. The van der Waals surface area contributed by atoms with E-state index in [-0.39, 0.29) is 11.7 Å². The highest BCUT2D eigenvalue weighted by Gasteiger charge is 2.28. The molecule has 2 heterocycles. The molecule has 0 fully saturated rings. The smallest absolute Gasteiger partial charge is 0.242 e. The molecule has 0 radical (unpaired) electrons. The summed E-state index contributed by atoms with van der Waals surface area (Å²) in [6.07, 6.45) is 0. The highest BCUT2D eigenvalue weighted by molar-refractivity contribution is 8.00. The van der Waals surface area contributed by atoms with Crippen LogP contribution in [-0.4, -0.2) is 26.4 Å². The van der Waals surface area contributed by atoms with Crippen molar-refractivity contribution in [3.8, 4) is 5.69 Å². The van der Waals surface area contributed by atoms with Gasteiger partial charge < -0.3 is 0 Å². The number of hydrogen-bond donors (Lipinski definition) is 0. The molecule has 0 unspecified atom stereocenters. The Kier molecular flexibility index (Phi) is 5.29. The minimum Gasteiger partial charge on any atom is -0.278 e. The van der Waals surface area contributed by atoms with Crippen LogP contribution in [0.1, 0.15) is 11.4 Å². The zero-order valence-corrected chi connectivity index (χ0v) is 18.8. The van der Waals surface area contributed by atoms with Gasteiger partial charge in [-0.1, -0.05) is 66.0 Å². The van der Waals surface area contributed by atoms with E-state index in [0.29, 0.717) is 5.16 Å². The molecular weight excluding hydrogens is 424 g/mol. The van der Waals surface area contributed by atoms with Gasteiger partial charge in [0, 0.05) is 9.79 Å². The Morgan fingerprint density at radius 2 is 1.42 bits per heavy atom. The largest absolute Gasteiger partial charge is 0.278 e. The van der Waals surface area contributed by atoms with E-state index < -0.39 is 0 Å². The fourth-order valence-electron chi connectivity index (χ4n) is 3.69. The van der Waals surface area contributed by atoms with Crippen LogP contribution in [0.2, 0.25) is 0 Å². The van der Waals surface area contributed by atoms with Crippen molar-refractivity contribution in [3.05, 3.63) is 84.2 Å². The lowest BCUT2D eigenvalue weighted by molar-refractivity contribution is -0.115. The van der Waals surface area contributed by atoms with Crippen LogP contribution in [0.3, 0.4) is 0 Å². The summed E-state index contributed by atoms with van der Waals surface area (Å²) in [5.41, 5.74) is 4.02. The average molecular weight is 445 g/mol. The molecule has 5 rings (SSSR count). The van der Waals surface area contributed by atoms with Crippen LogP contribution < -0.4 is 4.90 Å². The third kappa shape index (κ3) is 3.64. The van der Waals surface area contributed by atoms with Crippen molar-refractivity contribution in [2.45, 2.75) is 28.8 Å². The van der Waals surface area contributed by atoms with Crippen LogP contribution in [0.5, 0.6) is 0 Å². The molecule has 0 aliphatic carbocycles. The second-order valence-electron chi connectivity index (χ2n) is 7.21. The number of rotatable bonds is 4. The molecule has 0 bridgehead atoms. The van der Waals surface area contributed by atoms with Gasteiger partial charge in [0.1, 0.15) is 5.82 Å². The SMILES string of the molecule is Cc1ccccc1-n1c(C)nnc1SCC(=O)N1c2ccccc2Sc2ccccc21. The maximum absolute atomic E-state index is 13.5. The second-order valence-corrected chi connectivity index (χ2v) is 9.23. The van der Waals surface area contributed by atoms with E-state index in [1.54, 1.807) is 11.8 Å². The molecule has 0 saturated carbocycles. The zero-order chi connectivity index (χ0) is 21.4. The molecule has 1 aliphatic rings. The Morgan fingerprint density at radius 1 is 0.839 bits per heavy atom. The first-order chi connectivity index (χ1) is 15.1. The molecule has 4 aromatic rings. The maximum Gasteiger partial charge on any atom is 0.242 e. The lowest BCUT2D eigenvalue weighted by Crippen LogP contribution is -2.30. The maximum atomic E-state index is 13.5. The van der Waals surface area contributed by atoms with E-state index in [1.165, 1.54) is 11.8 Å². The fourth-order valence-corrected chi connectivity index (χ4v) is 5.59. The highest BCUT2D eigenvalue weighted by Crippen LogP contribution is 2.48. The van der Waals surface area contributed by atoms with E-state index in [4.69, 9.17) is 0 Å². The van der Waals surface area contributed by atoms with Crippen molar-refractivity contribution in [1.29, 1.82) is 0 Å². The standard InChI is InChI=1S/C24H20N4OS2/c1-16-9-3-4-10-18(16)27-17(2)25-26-24(27)30-15-23(29)28-19-11-5-7-13-21(19)31-22-14-8-6-12-20(22)28/h3-14H,15H2,1-2H3. The number of para-hydroxylation sites is 3. The van der Waals surface area contributed by atoms with Gasteiger partial charge >= 0.3 is 0 Å². The molecule has 3 aromatic carbocycles. The number of carbonyl (C=O) groups is 1. The van der Waals surface area contributed by atoms with Crippen LogP contribution >= 0.6 is 23.5 Å². The van der Waals surface area contributed by atoms with E-state index in [0.717, 1.165) is 38.2 Å². The molecule has 7 heteroatoms. The lowest BCUT2D eigenvalue weighted by Gasteiger charge is -2.30. The summed E-state index contributed by atoms with van der Waals surface area (Å²) in [5.74, 6) is 1.08. The number of benzene rings is 3. The normalized spacial score (nSPS) is 12.4. The number of nitrogens with zero attached hydrogens (tertiary/aromatic N) is 4. The van der Waals surface area contributed by atoms with Crippen LogP contribution in [0.25, 0.3) is 5.69 Å². The first kappa shape index (κ1) is 19.9. The number of amides is 1. The Bertz CT molecular complexity index is 1240. The van der Waals surface area contributed by atoms with Crippen molar-refractivity contribution >= 4 is 40.8 Å². The van der Waals surface area contributed by atoms with Crippen molar-refractivity contribution in [2.75, 3.05) is 10.7 Å². The average Bonchev–Trinajstić information content (AvgIpc) is 3.16. The van der Waals surface area contributed by atoms with Gasteiger partial charge in [0.2, 0.25) is 5.91 Å². The quantitative estimate of drug-likeness (QED) is 0.372.